The van der Waals surface area contributed by atoms with Crippen LogP contribution in [-0.2, 0) is 10.2 Å². The summed E-state index contributed by atoms with van der Waals surface area (Å²) < 4.78 is 0. The van der Waals surface area contributed by atoms with Crippen molar-refractivity contribution in [1.29, 1.82) is 0 Å². The van der Waals surface area contributed by atoms with Crippen LogP contribution in [-0.4, -0.2) is 35.4 Å². The molecule has 1 aromatic heterocycles. The number of hydrogen-bond acceptors (Lipinski definition) is 3. The standard InChI is InChI=1S/C26H29N3O/c1-19-16-26(19,22-15-21-11-5-6-12-23(21)27-17-22)25(30)28-24(18-29-13-7-8-14-29)20-9-3-2-4-10-20/h2-6,9-12,15,17,19,24H,7-8,13-14,16,18H2,1H3,(H,28,30). The van der Waals surface area contributed by atoms with Crippen LogP contribution in [0.4, 0.5) is 0 Å². The Kier molecular flexibility index (Phi) is 5.03. The quantitative estimate of drug-likeness (QED) is 0.665. The van der Waals surface area contributed by atoms with Crippen molar-refractivity contribution >= 4 is 16.8 Å². The fraction of sp³-hybridized carbons (Fsp3) is 0.385. The summed E-state index contributed by atoms with van der Waals surface area (Å²) in [4.78, 5) is 20.8. The van der Waals surface area contributed by atoms with Gasteiger partial charge in [0, 0.05) is 18.1 Å². The van der Waals surface area contributed by atoms with E-state index in [0.29, 0.717) is 5.92 Å². The minimum atomic E-state index is -0.463. The number of nitrogens with one attached hydrogen (secondary N) is 1. The lowest BCUT2D eigenvalue weighted by molar-refractivity contribution is -0.124. The second-order valence-corrected chi connectivity index (χ2v) is 8.94. The number of benzene rings is 2. The number of aromatic nitrogens is 1. The summed E-state index contributed by atoms with van der Waals surface area (Å²) in [5, 5.41) is 4.53. The van der Waals surface area contributed by atoms with Gasteiger partial charge < -0.3 is 10.2 Å². The van der Waals surface area contributed by atoms with Gasteiger partial charge in [0.05, 0.1) is 17.0 Å². The Hall–Kier alpha value is -2.72. The number of amides is 1. The molecule has 2 heterocycles. The summed E-state index contributed by atoms with van der Waals surface area (Å²) in [7, 11) is 0. The number of hydrogen-bond donors (Lipinski definition) is 1. The predicted octanol–water partition coefficient (Wildman–Crippen LogP) is 4.47. The third kappa shape index (κ3) is 3.50. The van der Waals surface area contributed by atoms with E-state index in [-0.39, 0.29) is 11.9 Å². The van der Waals surface area contributed by atoms with Crippen LogP contribution in [0.3, 0.4) is 0 Å². The molecule has 1 amide bonds. The van der Waals surface area contributed by atoms with Crippen LogP contribution < -0.4 is 5.32 Å². The first-order chi connectivity index (χ1) is 14.7. The van der Waals surface area contributed by atoms with Crippen LogP contribution in [0.15, 0.2) is 66.9 Å². The molecule has 4 nitrogen and oxygen atoms in total. The number of likely N-dealkylation sites (tertiary alicyclic amines) is 1. The number of fused-ring (bicyclic) bond motifs is 1. The van der Waals surface area contributed by atoms with Gasteiger partial charge in [0.15, 0.2) is 0 Å². The van der Waals surface area contributed by atoms with Gasteiger partial charge in [-0.3, -0.25) is 9.78 Å². The van der Waals surface area contributed by atoms with Crippen LogP contribution >= 0.6 is 0 Å². The SMILES string of the molecule is CC1CC1(C(=O)NC(CN1CCCC1)c1ccccc1)c1cnc2ccccc2c1. The van der Waals surface area contributed by atoms with E-state index in [2.05, 4.69) is 58.5 Å². The third-order valence-electron chi connectivity index (χ3n) is 6.97. The van der Waals surface area contributed by atoms with Crippen molar-refractivity contribution in [3.8, 4) is 0 Å². The van der Waals surface area contributed by atoms with E-state index in [1.54, 1.807) is 0 Å². The average Bonchev–Trinajstić information content (AvgIpc) is 3.21. The van der Waals surface area contributed by atoms with E-state index in [0.717, 1.165) is 42.5 Å². The Labute approximate surface area is 178 Å². The highest BCUT2D eigenvalue weighted by Crippen LogP contribution is 2.54. The third-order valence-corrected chi connectivity index (χ3v) is 6.97. The van der Waals surface area contributed by atoms with Crippen LogP contribution in [0.5, 0.6) is 0 Å². The lowest BCUT2D eigenvalue weighted by atomic mass is 9.92. The average molecular weight is 400 g/mol. The maximum atomic E-state index is 13.7. The van der Waals surface area contributed by atoms with Gasteiger partial charge in [0.2, 0.25) is 5.91 Å². The van der Waals surface area contributed by atoms with Crippen LogP contribution in [0.2, 0.25) is 0 Å². The van der Waals surface area contributed by atoms with Crippen molar-refractivity contribution in [2.45, 2.75) is 37.6 Å². The fourth-order valence-corrected chi connectivity index (χ4v) is 5.02. The van der Waals surface area contributed by atoms with Crippen molar-refractivity contribution in [3.63, 3.8) is 0 Å². The van der Waals surface area contributed by atoms with Crippen molar-refractivity contribution in [2.75, 3.05) is 19.6 Å². The van der Waals surface area contributed by atoms with Crippen LogP contribution in [0.25, 0.3) is 10.9 Å². The van der Waals surface area contributed by atoms with Gasteiger partial charge in [0.25, 0.3) is 0 Å². The van der Waals surface area contributed by atoms with Gasteiger partial charge in [-0.1, -0.05) is 55.5 Å². The van der Waals surface area contributed by atoms with Gasteiger partial charge >= 0.3 is 0 Å². The van der Waals surface area contributed by atoms with E-state index in [1.165, 1.54) is 18.4 Å². The van der Waals surface area contributed by atoms with E-state index < -0.39 is 5.41 Å². The second kappa shape index (κ2) is 7.84. The molecule has 0 spiro atoms. The molecule has 2 aliphatic rings. The monoisotopic (exact) mass is 399 g/mol. The number of nitrogens with zero attached hydrogens (tertiary/aromatic N) is 2. The van der Waals surface area contributed by atoms with E-state index in [4.69, 9.17) is 0 Å². The normalized spacial score (nSPS) is 24.6. The molecule has 1 saturated heterocycles. The zero-order valence-electron chi connectivity index (χ0n) is 17.6. The molecule has 1 aliphatic heterocycles. The van der Waals surface area contributed by atoms with Crippen molar-refractivity contribution in [3.05, 3.63) is 78.0 Å². The Morgan fingerprint density at radius 2 is 1.83 bits per heavy atom. The molecule has 2 fully saturated rings. The topological polar surface area (TPSA) is 45.2 Å². The highest BCUT2D eigenvalue weighted by atomic mass is 16.2. The maximum Gasteiger partial charge on any atom is 0.231 e. The van der Waals surface area contributed by atoms with Gasteiger partial charge in [-0.25, -0.2) is 0 Å². The van der Waals surface area contributed by atoms with Gasteiger partial charge in [-0.15, -0.1) is 0 Å². The minimum absolute atomic E-state index is 0.00916. The summed E-state index contributed by atoms with van der Waals surface area (Å²) in [6, 6.07) is 20.7. The number of rotatable bonds is 6. The molecule has 0 radical (unpaired) electrons. The summed E-state index contributed by atoms with van der Waals surface area (Å²) >= 11 is 0. The summed E-state index contributed by atoms with van der Waals surface area (Å²) in [5.41, 5.74) is 2.73. The fourth-order valence-electron chi connectivity index (χ4n) is 5.02. The molecule has 3 unspecified atom stereocenters. The predicted molar refractivity (Wildman–Crippen MR) is 120 cm³/mol. The molecule has 30 heavy (non-hydrogen) atoms. The number of para-hydroxylation sites is 1. The first-order valence-electron chi connectivity index (χ1n) is 11.1. The molecule has 3 aromatic rings. The highest BCUT2D eigenvalue weighted by molar-refractivity contribution is 5.93. The van der Waals surface area contributed by atoms with Crippen molar-refractivity contribution in [2.24, 2.45) is 5.92 Å². The minimum Gasteiger partial charge on any atom is -0.347 e. The molecule has 2 aromatic carbocycles. The zero-order valence-corrected chi connectivity index (χ0v) is 17.6. The Morgan fingerprint density at radius 1 is 1.13 bits per heavy atom. The van der Waals surface area contributed by atoms with Gasteiger partial charge in [-0.05, 0) is 61.5 Å². The first kappa shape index (κ1) is 19.3. The number of carbonyl (C=O) groups is 1. The molecular weight excluding hydrogens is 370 g/mol. The Morgan fingerprint density at radius 3 is 2.57 bits per heavy atom. The molecular formula is C26H29N3O. The molecule has 3 atom stereocenters. The van der Waals surface area contributed by atoms with E-state index in [9.17, 15) is 4.79 Å². The summed E-state index contributed by atoms with van der Waals surface area (Å²) in [6.07, 6.45) is 5.28. The Balaban J connectivity index is 1.43. The molecule has 5 rings (SSSR count). The van der Waals surface area contributed by atoms with Gasteiger partial charge in [0.1, 0.15) is 0 Å². The number of pyridine rings is 1. The smallest absolute Gasteiger partial charge is 0.231 e. The zero-order chi connectivity index (χ0) is 20.6. The summed E-state index contributed by atoms with van der Waals surface area (Å²) in [5.74, 6) is 0.462. The molecule has 154 valence electrons. The highest BCUT2D eigenvalue weighted by Gasteiger charge is 2.59. The molecule has 1 N–H and O–H groups in total. The molecule has 1 saturated carbocycles. The largest absolute Gasteiger partial charge is 0.347 e. The van der Waals surface area contributed by atoms with E-state index in [1.807, 2.05) is 30.5 Å². The lowest BCUT2D eigenvalue weighted by Crippen LogP contribution is -2.42. The van der Waals surface area contributed by atoms with Gasteiger partial charge in [-0.2, -0.15) is 0 Å². The summed E-state index contributed by atoms with van der Waals surface area (Å²) in [6.45, 7) is 5.29. The second-order valence-electron chi connectivity index (χ2n) is 8.94. The lowest BCUT2D eigenvalue weighted by Gasteiger charge is -2.27. The Bertz CT molecular complexity index is 1040. The van der Waals surface area contributed by atoms with Crippen LogP contribution in [0.1, 0.15) is 43.4 Å². The molecule has 4 heteroatoms. The maximum absolute atomic E-state index is 13.7. The van der Waals surface area contributed by atoms with Crippen molar-refractivity contribution < 1.29 is 4.79 Å². The van der Waals surface area contributed by atoms with Crippen LogP contribution in [0, 0.1) is 5.92 Å². The van der Waals surface area contributed by atoms with Crippen molar-refractivity contribution in [1.82, 2.24) is 15.2 Å². The number of carbonyl (C=O) groups excluding carboxylic acids is 1. The first-order valence-corrected chi connectivity index (χ1v) is 11.1. The van der Waals surface area contributed by atoms with E-state index >= 15 is 0 Å². The molecule has 0 bridgehead atoms. The molecule has 1 aliphatic carbocycles.